The Hall–Kier alpha value is -4.08. The highest BCUT2D eigenvalue weighted by atomic mass is 16.6. The van der Waals surface area contributed by atoms with Gasteiger partial charge in [0.05, 0.1) is 39.1 Å². The maximum atomic E-state index is 13.4. The zero-order valence-corrected chi connectivity index (χ0v) is 26.1. The first-order chi connectivity index (χ1) is 21.2. The van der Waals surface area contributed by atoms with Crippen LogP contribution < -0.4 is 19.5 Å². The monoisotopic (exact) mass is 604 g/mol. The first-order valence-electron chi connectivity index (χ1n) is 15.1. The minimum Gasteiger partial charge on any atom is -0.496 e. The molecule has 1 aliphatic heterocycles. The van der Waals surface area contributed by atoms with E-state index in [1.54, 1.807) is 36.3 Å². The Balaban J connectivity index is 1.23. The van der Waals surface area contributed by atoms with Crippen molar-refractivity contribution >= 4 is 17.7 Å². The van der Waals surface area contributed by atoms with Gasteiger partial charge in [0.15, 0.2) is 0 Å². The Kier molecular flexibility index (Phi) is 12.0. The van der Waals surface area contributed by atoms with Crippen LogP contribution in [0.2, 0.25) is 0 Å². The van der Waals surface area contributed by atoms with Crippen LogP contribution in [0.1, 0.15) is 45.6 Å². The third-order valence-corrected chi connectivity index (χ3v) is 7.36. The minimum absolute atomic E-state index is 0.0929. The van der Waals surface area contributed by atoms with Gasteiger partial charge in [0.1, 0.15) is 23.9 Å². The molecule has 3 aromatic carbocycles. The molecule has 0 bridgehead atoms. The molecule has 2 atom stereocenters. The SMILES string of the molecule is COc1ccccc1COCCCOc1ccc(OC(=O)N2CCCC(OCC(=O)Nc3ccccc3)C2C(C)(C)C)cc1. The van der Waals surface area contributed by atoms with E-state index >= 15 is 0 Å². The highest BCUT2D eigenvalue weighted by Crippen LogP contribution is 2.34. The molecule has 1 N–H and O–H groups in total. The van der Waals surface area contributed by atoms with Gasteiger partial charge in [-0.3, -0.25) is 4.79 Å². The molecule has 44 heavy (non-hydrogen) atoms. The molecule has 0 radical (unpaired) electrons. The van der Waals surface area contributed by atoms with E-state index in [0.29, 0.717) is 43.6 Å². The predicted molar refractivity (Wildman–Crippen MR) is 169 cm³/mol. The number of ether oxygens (including phenoxy) is 5. The van der Waals surface area contributed by atoms with E-state index in [2.05, 4.69) is 26.1 Å². The maximum Gasteiger partial charge on any atom is 0.415 e. The van der Waals surface area contributed by atoms with Crippen molar-refractivity contribution in [2.24, 2.45) is 5.41 Å². The Labute approximate surface area is 260 Å². The fourth-order valence-electron chi connectivity index (χ4n) is 5.38. The summed E-state index contributed by atoms with van der Waals surface area (Å²) in [5.41, 5.74) is 1.43. The van der Waals surface area contributed by atoms with Crippen molar-refractivity contribution in [1.82, 2.24) is 4.90 Å². The van der Waals surface area contributed by atoms with Gasteiger partial charge in [0, 0.05) is 24.2 Å². The highest BCUT2D eigenvalue weighted by Gasteiger charge is 2.43. The lowest BCUT2D eigenvalue weighted by molar-refractivity contribution is -0.127. The van der Waals surface area contributed by atoms with Crippen molar-refractivity contribution in [3.8, 4) is 17.2 Å². The van der Waals surface area contributed by atoms with Gasteiger partial charge in [-0.1, -0.05) is 57.2 Å². The number of amides is 2. The van der Waals surface area contributed by atoms with Gasteiger partial charge in [0.25, 0.3) is 0 Å². The molecule has 2 amide bonds. The molecule has 0 aromatic heterocycles. The number of carbonyl (C=O) groups is 2. The maximum absolute atomic E-state index is 13.4. The van der Waals surface area contributed by atoms with E-state index < -0.39 is 6.09 Å². The molecule has 0 aliphatic carbocycles. The lowest BCUT2D eigenvalue weighted by Crippen LogP contribution is -2.58. The summed E-state index contributed by atoms with van der Waals surface area (Å²) >= 11 is 0. The number of para-hydroxylation sites is 2. The number of piperidine rings is 1. The normalized spacial score (nSPS) is 16.7. The largest absolute Gasteiger partial charge is 0.496 e. The second kappa shape index (κ2) is 16.1. The molecule has 0 saturated carbocycles. The first-order valence-corrected chi connectivity index (χ1v) is 15.1. The fourth-order valence-corrected chi connectivity index (χ4v) is 5.38. The standard InChI is InChI=1S/C35H44N2O7/c1-35(2,3)33-31(43-25-32(38)36-27-13-6-5-7-14-27)16-10-21-37(33)34(39)44-29-19-17-28(18-20-29)42-23-11-22-41-24-26-12-8-9-15-30(26)40-4/h5-9,12-15,17-20,31,33H,10-11,16,21-25H2,1-4H3,(H,36,38). The average molecular weight is 605 g/mol. The van der Waals surface area contributed by atoms with Crippen LogP contribution in [0.4, 0.5) is 10.5 Å². The number of nitrogens with one attached hydrogen (secondary N) is 1. The number of hydrogen-bond acceptors (Lipinski definition) is 7. The van der Waals surface area contributed by atoms with Gasteiger partial charge in [-0.15, -0.1) is 0 Å². The smallest absolute Gasteiger partial charge is 0.415 e. The summed E-state index contributed by atoms with van der Waals surface area (Å²) in [5.74, 6) is 1.70. The van der Waals surface area contributed by atoms with Crippen LogP contribution >= 0.6 is 0 Å². The van der Waals surface area contributed by atoms with Gasteiger partial charge in [0.2, 0.25) is 5.91 Å². The molecular formula is C35H44N2O7. The lowest BCUT2D eigenvalue weighted by Gasteiger charge is -2.46. The Morgan fingerprint density at radius 1 is 0.909 bits per heavy atom. The Bertz CT molecular complexity index is 1320. The molecular weight excluding hydrogens is 560 g/mol. The second-order valence-corrected chi connectivity index (χ2v) is 11.8. The Morgan fingerprint density at radius 3 is 2.34 bits per heavy atom. The van der Waals surface area contributed by atoms with E-state index in [4.69, 9.17) is 23.7 Å². The summed E-state index contributed by atoms with van der Waals surface area (Å²) in [4.78, 5) is 27.6. The second-order valence-electron chi connectivity index (χ2n) is 11.8. The molecule has 1 heterocycles. The van der Waals surface area contributed by atoms with Gasteiger partial charge < -0.3 is 33.9 Å². The van der Waals surface area contributed by atoms with Gasteiger partial charge in [-0.2, -0.15) is 0 Å². The minimum atomic E-state index is -0.437. The van der Waals surface area contributed by atoms with Crippen LogP contribution in [0, 0.1) is 5.41 Å². The summed E-state index contributed by atoms with van der Waals surface area (Å²) in [5, 5.41) is 2.85. The number of rotatable bonds is 13. The van der Waals surface area contributed by atoms with Crippen molar-refractivity contribution in [3.63, 3.8) is 0 Å². The molecule has 2 unspecified atom stereocenters. The average Bonchev–Trinajstić information content (AvgIpc) is 3.02. The van der Waals surface area contributed by atoms with Crippen LogP contribution in [0.25, 0.3) is 0 Å². The highest BCUT2D eigenvalue weighted by molar-refractivity contribution is 5.91. The zero-order chi connectivity index (χ0) is 31.4. The third-order valence-electron chi connectivity index (χ3n) is 7.36. The summed E-state index contributed by atoms with van der Waals surface area (Å²) in [6.07, 6.45) is 1.50. The van der Waals surface area contributed by atoms with Gasteiger partial charge in [-0.25, -0.2) is 4.79 Å². The molecule has 1 fully saturated rings. The molecule has 1 aliphatic rings. The van der Waals surface area contributed by atoms with Crippen molar-refractivity contribution in [3.05, 3.63) is 84.4 Å². The first kappa shape index (κ1) is 32.8. The molecule has 4 rings (SSSR count). The number of carbonyl (C=O) groups excluding carboxylic acids is 2. The van der Waals surface area contributed by atoms with E-state index in [1.807, 2.05) is 54.6 Å². The summed E-state index contributed by atoms with van der Waals surface area (Å²) in [7, 11) is 1.65. The molecule has 0 spiro atoms. The number of benzene rings is 3. The van der Waals surface area contributed by atoms with Crippen LogP contribution in [0.5, 0.6) is 17.2 Å². The number of anilines is 1. The van der Waals surface area contributed by atoms with Gasteiger partial charge >= 0.3 is 6.09 Å². The van der Waals surface area contributed by atoms with Crippen LogP contribution in [0.15, 0.2) is 78.9 Å². The zero-order valence-electron chi connectivity index (χ0n) is 26.1. The van der Waals surface area contributed by atoms with Crippen molar-refractivity contribution in [2.75, 3.05) is 38.8 Å². The lowest BCUT2D eigenvalue weighted by atomic mass is 9.79. The van der Waals surface area contributed by atoms with Crippen LogP contribution in [0.3, 0.4) is 0 Å². The van der Waals surface area contributed by atoms with E-state index in [-0.39, 0.29) is 30.1 Å². The van der Waals surface area contributed by atoms with E-state index in [1.165, 1.54) is 0 Å². The number of hydrogen-bond donors (Lipinski definition) is 1. The van der Waals surface area contributed by atoms with Crippen molar-refractivity contribution in [1.29, 1.82) is 0 Å². The summed E-state index contributed by atoms with van der Waals surface area (Å²) in [6, 6.07) is 23.8. The Morgan fingerprint density at radius 2 is 1.61 bits per heavy atom. The predicted octanol–water partition coefficient (Wildman–Crippen LogP) is 6.71. The summed E-state index contributed by atoms with van der Waals surface area (Å²) < 4.78 is 28.8. The number of nitrogens with zero attached hydrogens (tertiary/aromatic N) is 1. The number of methoxy groups -OCH3 is 1. The molecule has 1 saturated heterocycles. The van der Waals surface area contributed by atoms with Crippen molar-refractivity contribution < 1.29 is 33.3 Å². The van der Waals surface area contributed by atoms with Crippen LogP contribution in [-0.2, 0) is 20.9 Å². The molecule has 236 valence electrons. The topological polar surface area (TPSA) is 95.6 Å². The van der Waals surface area contributed by atoms with E-state index in [9.17, 15) is 9.59 Å². The van der Waals surface area contributed by atoms with E-state index in [0.717, 1.165) is 30.6 Å². The van der Waals surface area contributed by atoms with Crippen LogP contribution in [-0.4, -0.2) is 62.5 Å². The molecule has 3 aromatic rings. The molecule has 9 nitrogen and oxygen atoms in total. The van der Waals surface area contributed by atoms with Gasteiger partial charge in [-0.05, 0) is 60.7 Å². The van der Waals surface area contributed by atoms with Crippen molar-refractivity contribution in [2.45, 2.75) is 58.8 Å². The third kappa shape index (κ3) is 9.72. The summed E-state index contributed by atoms with van der Waals surface area (Å²) in [6.45, 7) is 8.20. The quantitative estimate of drug-likeness (QED) is 0.217. The fraction of sp³-hybridized carbons (Fsp3) is 0.429. The number of likely N-dealkylation sites (tertiary alicyclic amines) is 1. The molecule has 9 heteroatoms.